The first-order valence-electron chi connectivity index (χ1n) is 7.06. The van der Waals surface area contributed by atoms with Gasteiger partial charge in [-0.05, 0) is 49.8 Å². The average Bonchev–Trinajstić information content (AvgIpc) is 3.16. The van der Waals surface area contributed by atoms with Gasteiger partial charge in [0.1, 0.15) is 0 Å². The summed E-state index contributed by atoms with van der Waals surface area (Å²) >= 11 is 3.46. The van der Waals surface area contributed by atoms with Crippen molar-refractivity contribution in [3.63, 3.8) is 0 Å². The Kier molecular flexibility index (Phi) is 4.67. The maximum absolute atomic E-state index is 12.7. The zero-order valence-corrected chi connectivity index (χ0v) is 13.5. The van der Waals surface area contributed by atoms with E-state index in [2.05, 4.69) is 34.7 Å². The Hall–Kier alpha value is -0.830. The fourth-order valence-electron chi connectivity index (χ4n) is 2.21. The van der Waals surface area contributed by atoms with E-state index in [0.717, 1.165) is 41.4 Å². The highest BCUT2D eigenvalue weighted by molar-refractivity contribution is 9.10. The highest BCUT2D eigenvalue weighted by atomic mass is 79.9. The first-order valence-corrected chi connectivity index (χ1v) is 7.85. The Balaban J connectivity index is 2.16. The third-order valence-corrected chi connectivity index (χ3v) is 4.12. The maximum atomic E-state index is 12.7. The molecule has 1 aromatic carbocycles. The summed E-state index contributed by atoms with van der Waals surface area (Å²) in [6.45, 7) is 7.31. The minimum atomic E-state index is 0.196. The lowest BCUT2D eigenvalue weighted by molar-refractivity contribution is 0.0734. The molecule has 19 heavy (non-hydrogen) atoms. The number of hydrogen-bond acceptors (Lipinski definition) is 1. The first kappa shape index (κ1) is 14.6. The summed E-state index contributed by atoms with van der Waals surface area (Å²) in [5.41, 5.74) is 1.90. The zero-order chi connectivity index (χ0) is 14.0. The number of carbonyl (C=O) groups is 1. The summed E-state index contributed by atoms with van der Waals surface area (Å²) in [5, 5.41) is 0. The largest absolute Gasteiger partial charge is 0.336 e. The summed E-state index contributed by atoms with van der Waals surface area (Å²) in [7, 11) is 0. The number of carbonyl (C=O) groups excluding carboxylic acids is 1. The van der Waals surface area contributed by atoms with E-state index in [1.807, 2.05) is 25.1 Å². The van der Waals surface area contributed by atoms with Crippen LogP contribution in [0.15, 0.2) is 22.7 Å². The van der Waals surface area contributed by atoms with Crippen molar-refractivity contribution in [2.24, 2.45) is 5.92 Å². The summed E-state index contributed by atoms with van der Waals surface area (Å²) < 4.78 is 0.973. The van der Waals surface area contributed by atoms with Crippen LogP contribution in [-0.4, -0.2) is 23.4 Å². The molecule has 0 radical (unpaired) electrons. The molecule has 0 spiro atoms. The van der Waals surface area contributed by atoms with Crippen molar-refractivity contribution in [2.45, 2.75) is 46.1 Å². The third kappa shape index (κ3) is 3.82. The molecule has 0 aliphatic heterocycles. The van der Waals surface area contributed by atoms with Gasteiger partial charge in [-0.2, -0.15) is 0 Å². The van der Waals surface area contributed by atoms with Crippen LogP contribution in [0.2, 0.25) is 0 Å². The fraction of sp³-hybridized carbons (Fsp3) is 0.562. The Morgan fingerprint density at radius 1 is 1.42 bits per heavy atom. The van der Waals surface area contributed by atoms with Crippen molar-refractivity contribution in [3.8, 4) is 0 Å². The van der Waals surface area contributed by atoms with Crippen LogP contribution in [0.25, 0.3) is 0 Å². The second kappa shape index (κ2) is 6.08. The fourth-order valence-corrected chi connectivity index (χ4v) is 2.57. The second-order valence-corrected chi connectivity index (χ2v) is 6.79. The van der Waals surface area contributed by atoms with Gasteiger partial charge in [-0.1, -0.05) is 35.8 Å². The van der Waals surface area contributed by atoms with Gasteiger partial charge < -0.3 is 4.90 Å². The summed E-state index contributed by atoms with van der Waals surface area (Å²) in [4.78, 5) is 14.8. The first-order chi connectivity index (χ1) is 8.99. The number of aryl methyl sites for hydroxylation is 1. The van der Waals surface area contributed by atoms with E-state index in [1.165, 1.54) is 0 Å². The predicted octanol–water partition coefficient (Wildman–Crippen LogP) is 4.41. The molecule has 0 saturated heterocycles. The summed E-state index contributed by atoms with van der Waals surface area (Å²) in [5.74, 6) is 0.833. The SMILES string of the molecule is Cc1ccc(Br)cc1C(=O)N(CCC(C)C)C1CC1. The molecule has 1 fully saturated rings. The molecule has 0 unspecified atom stereocenters. The van der Waals surface area contributed by atoms with Crippen LogP contribution in [0.4, 0.5) is 0 Å². The van der Waals surface area contributed by atoms with E-state index >= 15 is 0 Å². The van der Waals surface area contributed by atoms with Crippen molar-refractivity contribution in [1.29, 1.82) is 0 Å². The van der Waals surface area contributed by atoms with Crippen LogP contribution in [0.3, 0.4) is 0 Å². The van der Waals surface area contributed by atoms with Gasteiger partial charge in [-0.25, -0.2) is 0 Å². The third-order valence-electron chi connectivity index (χ3n) is 3.63. The number of rotatable bonds is 5. The molecule has 1 amide bonds. The minimum Gasteiger partial charge on any atom is -0.336 e. The number of nitrogens with zero attached hydrogens (tertiary/aromatic N) is 1. The van der Waals surface area contributed by atoms with Gasteiger partial charge in [-0.3, -0.25) is 4.79 Å². The number of amides is 1. The molecule has 3 heteroatoms. The lowest BCUT2D eigenvalue weighted by atomic mass is 10.1. The highest BCUT2D eigenvalue weighted by Gasteiger charge is 2.33. The topological polar surface area (TPSA) is 20.3 Å². The van der Waals surface area contributed by atoms with Crippen molar-refractivity contribution in [3.05, 3.63) is 33.8 Å². The molecular formula is C16H22BrNO. The van der Waals surface area contributed by atoms with Crippen LogP contribution < -0.4 is 0 Å². The van der Waals surface area contributed by atoms with Crippen LogP contribution in [0.1, 0.15) is 49.0 Å². The molecule has 2 nitrogen and oxygen atoms in total. The molecule has 0 heterocycles. The molecule has 0 atom stereocenters. The molecule has 104 valence electrons. The highest BCUT2D eigenvalue weighted by Crippen LogP contribution is 2.30. The Labute approximate surface area is 124 Å². The number of benzene rings is 1. The van der Waals surface area contributed by atoms with Gasteiger partial charge >= 0.3 is 0 Å². The lowest BCUT2D eigenvalue weighted by Gasteiger charge is -2.24. The average molecular weight is 324 g/mol. The molecule has 1 aliphatic carbocycles. The predicted molar refractivity (Wildman–Crippen MR) is 82.4 cm³/mol. The van der Waals surface area contributed by atoms with Crippen LogP contribution in [-0.2, 0) is 0 Å². The van der Waals surface area contributed by atoms with Gasteiger partial charge in [0.05, 0.1) is 0 Å². The van der Waals surface area contributed by atoms with Crippen molar-refractivity contribution in [2.75, 3.05) is 6.54 Å². The van der Waals surface area contributed by atoms with E-state index in [1.54, 1.807) is 0 Å². The Morgan fingerprint density at radius 2 is 2.11 bits per heavy atom. The van der Waals surface area contributed by atoms with Crippen molar-refractivity contribution >= 4 is 21.8 Å². The molecule has 1 saturated carbocycles. The van der Waals surface area contributed by atoms with E-state index in [9.17, 15) is 4.79 Å². The normalized spacial score (nSPS) is 14.8. The van der Waals surface area contributed by atoms with Crippen molar-refractivity contribution in [1.82, 2.24) is 4.90 Å². The van der Waals surface area contributed by atoms with Crippen LogP contribution in [0.5, 0.6) is 0 Å². The minimum absolute atomic E-state index is 0.196. The summed E-state index contributed by atoms with van der Waals surface area (Å²) in [6, 6.07) is 6.42. The smallest absolute Gasteiger partial charge is 0.254 e. The lowest BCUT2D eigenvalue weighted by Crippen LogP contribution is -2.35. The zero-order valence-electron chi connectivity index (χ0n) is 11.9. The van der Waals surface area contributed by atoms with E-state index in [-0.39, 0.29) is 5.91 Å². The molecule has 0 N–H and O–H groups in total. The van der Waals surface area contributed by atoms with E-state index in [4.69, 9.17) is 0 Å². The van der Waals surface area contributed by atoms with Crippen molar-refractivity contribution < 1.29 is 4.79 Å². The molecule has 1 aromatic rings. The van der Waals surface area contributed by atoms with Crippen LogP contribution in [0, 0.1) is 12.8 Å². The van der Waals surface area contributed by atoms with Crippen LogP contribution >= 0.6 is 15.9 Å². The van der Waals surface area contributed by atoms with Gasteiger partial charge in [-0.15, -0.1) is 0 Å². The molecular weight excluding hydrogens is 302 g/mol. The standard InChI is InChI=1S/C16H22BrNO/c1-11(2)8-9-18(14-6-7-14)16(19)15-10-13(17)5-4-12(15)3/h4-5,10-11,14H,6-9H2,1-3H3. The number of halogens is 1. The maximum Gasteiger partial charge on any atom is 0.254 e. The molecule has 0 aromatic heterocycles. The van der Waals surface area contributed by atoms with E-state index in [0.29, 0.717) is 12.0 Å². The second-order valence-electron chi connectivity index (χ2n) is 5.87. The van der Waals surface area contributed by atoms with Gasteiger partial charge in [0.15, 0.2) is 0 Å². The Morgan fingerprint density at radius 3 is 2.68 bits per heavy atom. The molecule has 0 bridgehead atoms. The molecule has 2 rings (SSSR count). The quantitative estimate of drug-likeness (QED) is 0.786. The van der Waals surface area contributed by atoms with Gasteiger partial charge in [0, 0.05) is 22.6 Å². The van der Waals surface area contributed by atoms with Gasteiger partial charge in [0.2, 0.25) is 0 Å². The monoisotopic (exact) mass is 323 g/mol. The Bertz CT molecular complexity index is 466. The van der Waals surface area contributed by atoms with Gasteiger partial charge in [0.25, 0.3) is 5.91 Å². The summed E-state index contributed by atoms with van der Waals surface area (Å²) in [6.07, 6.45) is 3.41. The number of hydrogen-bond donors (Lipinski definition) is 0. The van der Waals surface area contributed by atoms with E-state index < -0.39 is 0 Å². The molecule has 1 aliphatic rings.